The highest BCUT2D eigenvalue weighted by atomic mass is 16.5. The summed E-state index contributed by atoms with van der Waals surface area (Å²) in [6.45, 7) is 7.15. The normalized spacial score (nSPS) is 12.4. The van der Waals surface area contributed by atoms with Crippen LogP contribution >= 0.6 is 0 Å². The van der Waals surface area contributed by atoms with Gasteiger partial charge in [0.2, 0.25) is 0 Å². The summed E-state index contributed by atoms with van der Waals surface area (Å²) < 4.78 is 8.66. The largest absolute Gasteiger partial charge is 0.389 e. The minimum atomic E-state index is -0.964. The molecule has 1 unspecified atom stereocenters. The van der Waals surface area contributed by atoms with Gasteiger partial charge in [-0.15, -0.1) is 0 Å². The maximum absolute atomic E-state index is 13.5. The van der Waals surface area contributed by atoms with E-state index in [0.717, 1.165) is 22.0 Å². The first kappa shape index (κ1) is 24.6. The van der Waals surface area contributed by atoms with E-state index in [4.69, 9.17) is 4.74 Å². The van der Waals surface area contributed by atoms with E-state index in [-0.39, 0.29) is 30.3 Å². The van der Waals surface area contributed by atoms with Gasteiger partial charge in [-0.1, -0.05) is 42.5 Å². The Morgan fingerprint density at radius 3 is 2.49 bits per heavy atom. The average Bonchev–Trinajstić information content (AvgIpc) is 3.16. The number of aryl methyl sites for hydroxylation is 2. The number of nitrogens with zero attached hydrogens (tertiary/aromatic N) is 4. The number of benzene rings is 2. The van der Waals surface area contributed by atoms with Crippen molar-refractivity contribution in [3.05, 3.63) is 75.7 Å². The Morgan fingerprint density at radius 1 is 1.09 bits per heavy atom. The molecule has 0 radical (unpaired) electrons. The Balaban J connectivity index is 1.75. The molecular formula is C27H32N4O4. The highest BCUT2D eigenvalue weighted by Gasteiger charge is 2.26. The molecule has 4 aromatic rings. The maximum Gasteiger partial charge on any atom is 0.291 e. The molecule has 0 spiro atoms. The molecule has 0 aliphatic carbocycles. The number of hydrogen-bond donors (Lipinski definition) is 1. The molecule has 35 heavy (non-hydrogen) atoms. The summed E-state index contributed by atoms with van der Waals surface area (Å²) in [5.41, 5.74) is 3.09. The summed E-state index contributed by atoms with van der Waals surface area (Å²) in [7, 11) is 1.82. The second kappa shape index (κ2) is 10.4. The van der Waals surface area contributed by atoms with Crippen LogP contribution in [0.25, 0.3) is 21.8 Å². The number of rotatable bonds is 9. The van der Waals surface area contributed by atoms with Crippen LogP contribution in [0.15, 0.2) is 53.3 Å². The molecule has 0 aliphatic rings. The molecule has 0 aliphatic heterocycles. The number of hydrogen-bond acceptors (Lipinski definition) is 5. The second-order valence-electron chi connectivity index (χ2n) is 8.72. The van der Waals surface area contributed by atoms with Crippen LogP contribution in [-0.2, 0) is 24.9 Å². The number of carbonyl (C=O) groups is 1. The molecule has 0 fully saturated rings. The van der Waals surface area contributed by atoms with Gasteiger partial charge in [0.15, 0.2) is 5.69 Å². The molecule has 2 heterocycles. The fourth-order valence-electron chi connectivity index (χ4n) is 4.56. The van der Waals surface area contributed by atoms with Crippen LogP contribution in [0.3, 0.4) is 0 Å². The summed E-state index contributed by atoms with van der Waals surface area (Å²) in [5.74, 6) is -0.237. The summed E-state index contributed by atoms with van der Waals surface area (Å²) in [5, 5.41) is 16.6. The molecule has 1 amide bonds. The molecule has 8 nitrogen and oxygen atoms in total. The highest BCUT2D eigenvalue weighted by Crippen LogP contribution is 2.31. The zero-order valence-electron chi connectivity index (χ0n) is 20.7. The van der Waals surface area contributed by atoms with Crippen LogP contribution in [0.1, 0.15) is 35.5 Å². The topological polar surface area (TPSA) is 89.6 Å². The first-order chi connectivity index (χ1) is 16.9. The molecule has 2 aromatic heterocycles. The molecule has 2 aromatic carbocycles. The molecule has 0 bridgehead atoms. The van der Waals surface area contributed by atoms with Crippen molar-refractivity contribution in [3.63, 3.8) is 0 Å². The summed E-state index contributed by atoms with van der Waals surface area (Å²) in [6, 6.07) is 15.5. The van der Waals surface area contributed by atoms with E-state index in [1.807, 2.05) is 80.9 Å². The third-order valence-electron chi connectivity index (χ3n) is 6.39. The van der Waals surface area contributed by atoms with E-state index in [2.05, 4.69) is 5.10 Å². The Morgan fingerprint density at radius 2 is 1.80 bits per heavy atom. The minimum absolute atomic E-state index is 0.0363. The number of aromatic nitrogens is 3. The van der Waals surface area contributed by atoms with Crippen LogP contribution in [0.2, 0.25) is 0 Å². The molecule has 1 atom stereocenters. The SMILES string of the molecule is CCN(CC)C(=O)c1nn(CC(O)COCc2ccccc2)c(=O)c2c1c1c(C)cccc1n2C. The van der Waals surface area contributed by atoms with Crippen LogP contribution in [0, 0.1) is 6.92 Å². The van der Waals surface area contributed by atoms with Gasteiger partial charge in [0.1, 0.15) is 5.52 Å². The zero-order valence-corrected chi connectivity index (χ0v) is 20.7. The van der Waals surface area contributed by atoms with E-state index >= 15 is 0 Å². The zero-order chi connectivity index (χ0) is 25.1. The van der Waals surface area contributed by atoms with E-state index in [1.54, 1.807) is 4.90 Å². The fraction of sp³-hybridized carbons (Fsp3) is 0.370. The predicted molar refractivity (Wildman–Crippen MR) is 137 cm³/mol. The lowest BCUT2D eigenvalue weighted by Crippen LogP contribution is -2.36. The van der Waals surface area contributed by atoms with E-state index in [0.29, 0.717) is 30.6 Å². The van der Waals surface area contributed by atoms with Crippen LogP contribution < -0.4 is 5.56 Å². The van der Waals surface area contributed by atoms with Gasteiger partial charge in [-0.25, -0.2) is 4.68 Å². The van der Waals surface area contributed by atoms with E-state index in [1.165, 1.54) is 4.68 Å². The number of amides is 1. The molecule has 184 valence electrons. The highest BCUT2D eigenvalue weighted by molar-refractivity contribution is 6.17. The summed E-state index contributed by atoms with van der Waals surface area (Å²) in [6.07, 6.45) is -0.964. The number of aliphatic hydroxyl groups is 1. The molecule has 0 saturated carbocycles. The van der Waals surface area contributed by atoms with Crippen molar-refractivity contribution >= 4 is 27.7 Å². The van der Waals surface area contributed by atoms with Gasteiger partial charge in [-0.05, 0) is 38.0 Å². The van der Waals surface area contributed by atoms with Gasteiger partial charge in [0.25, 0.3) is 11.5 Å². The number of carbonyl (C=O) groups excluding carboxylic acids is 1. The minimum Gasteiger partial charge on any atom is -0.389 e. The van der Waals surface area contributed by atoms with Gasteiger partial charge in [0, 0.05) is 36.4 Å². The van der Waals surface area contributed by atoms with Gasteiger partial charge in [-0.3, -0.25) is 9.59 Å². The summed E-state index contributed by atoms with van der Waals surface area (Å²) >= 11 is 0. The predicted octanol–water partition coefficient (Wildman–Crippen LogP) is 3.26. The van der Waals surface area contributed by atoms with Crippen molar-refractivity contribution in [2.75, 3.05) is 19.7 Å². The fourth-order valence-corrected chi connectivity index (χ4v) is 4.56. The third-order valence-corrected chi connectivity index (χ3v) is 6.39. The van der Waals surface area contributed by atoms with Crippen LogP contribution in [-0.4, -0.2) is 56.1 Å². The Labute approximate surface area is 204 Å². The van der Waals surface area contributed by atoms with Crippen LogP contribution in [0.4, 0.5) is 0 Å². The van der Waals surface area contributed by atoms with E-state index in [9.17, 15) is 14.7 Å². The van der Waals surface area contributed by atoms with Crippen molar-refractivity contribution in [2.24, 2.45) is 7.05 Å². The Bertz CT molecular complexity index is 1400. The number of aliphatic hydroxyl groups excluding tert-OH is 1. The van der Waals surface area contributed by atoms with Gasteiger partial charge >= 0.3 is 0 Å². The van der Waals surface area contributed by atoms with Crippen molar-refractivity contribution in [3.8, 4) is 0 Å². The van der Waals surface area contributed by atoms with Crippen molar-refractivity contribution in [2.45, 2.75) is 40.0 Å². The van der Waals surface area contributed by atoms with Crippen molar-refractivity contribution in [1.29, 1.82) is 0 Å². The standard InChI is InChI=1S/C27H32N4O4/c1-5-30(6-2)26(33)24-23-22-18(3)11-10-14-21(22)29(4)25(23)27(34)31(28-24)15-20(32)17-35-16-19-12-8-7-9-13-19/h7-14,20,32H,5-6,15-17H2,1-4H3. The Kier molecular flexibility index (Phi) is 7.33. The molecule has 8 heteroatoms. The molecular weight excluding hydrogens is 444 g/mol. The molecule has 0 saturated heterocycles. The second-order valence-corrected chi connectivity index (χ2v) is 8.72. The lowest BCUT2D eigenvalue weighted by atomic mass is 10.1. The lowest BCUT2D eigenvalue weighted by molar-refractivity contribution is 0.0179. The van der Waals surface area contributed by atoms with Crippen LogP contribution in [0.5, 0.6) is 0 Å². The molecule has 1 N–H and O–H groups in total. The van der Waals surface area contributed by atoms with Gasteiger partial charge in [0.05, 0.1) is 25.9 Å². The Hall–Kier alpha value is -3.49. The number of ether oxygens (including phenoxy) is 1. The lowest BCUT2D eigenvalue weighted by Gasteiger charge is -2.20. The molecule has 4 rings (SSSR count). The average molecular weight is 477 g/mol. The quantitative estimate of drug-likeness (QED) is 0.401. The van der Waals surface area contributed by atoms with Gasteiger partial charge < -0.3 is 19.3 Å². The summed E-state index contributed by atoms with van der Waals surface area (Å²) in [4.78, 5) is 28.8. The van der Waals surface area contributed by atoms with E-state index < -0.39 is 6.10 Å². The van der Waals surface area contributed by atoms with Gasteiger partial charge in [-0.2, -0.15) is 5.10 Å². The monoisotopic (exact) mass is 476 g/mol. The smallest absolute Gasteiger partial charge is 0.291 e. The number of fused-ring (bicyclic) bond motifs is 3. The van der Waals surface area contributed by atoms with Crippen molar-refractivity contribution < 1.29 is 14.6 Å². The third kappa shape index (κ3) is 4.72. The maximum atomic E-state index is 13.5. The first-order valence-corrected chi connectivity index (χ1v) is 11.9. The first-order valence-electron chi connectivity index (χ1n) is 11.9. The van der Waals surface area contributed by atoms with Crippen molar-refractivity contribution in [1.82, 2.24) is 19.2 Å².